The third-order valence-corrected chi connectivity index (χ3v) is 4.30. The third kappa shape index (κ3) is 3.12. The molecule has 0 saturated carbocycles. The SMILES string of the molecule is Cc1nc(N)sc1C(=O)Nc1cc(Cl)c(Cl)cc1Cl. The predicted molar refractivity (Wildman–Crippen MR) is 80.7 cm³/mol. The molecular formula is C11H8Cl3N3OS. The molecule has 0 fully saturated rings. The minimum Gasteiger partial charge on any atom is -0.375 e. The van der Waals surface area contributed by atoms with Crippen LogP contribution in [0.1, 0.15) is 15.4 Å². The Hall–Kier alpha value is -1.01. The highest BCUT2D eigenvalue weighted by Gasteiger charge is 2.16. The number of anilines is 2. The number of aryl methyl sites for hydroxylation is 1. The van der Waals surface area contributed by atoms with Crippen molar-refractivity contribution in [2.45, 2.75) is 6.92 Å². The van der Waals surface area contributed by atoms with Crippen molar-refractivity contribution >= 4 is 62.9 Å². The van der Waals surface area contributed by atoms with Gasteiger partial charge in [0, 0.05) is 0 Å². The van der Waals surface area contributed by atoms with Crippen LogP contribution in [0.15, 0.2) is 12.1 Å². The summed E-state index contributed by atoms with van der Waals surface area (Å²) in [5.41, 5.74) is 6.50. The van der Waals surface area contributed by atoms with Gasteiger partial charge in [-0.1, -0.05) is 46.1 Å². The van der Waals surface area contributed by atoms with Crippen molar-refractivity contribution in [2.75, 3.05) is 11.1 Å². The number of nitrogens with two attached hydrogens (primary N) is 1. The Bertz CT molecular complexity index is 657. The summed E-state index contributed by atoms with van der Waals surface area (Å²) in [7, 11) is 0. The van der Waals surface area contributed by atoms with Crippen LogP contribution in [0.3, 0.4) is 0 Å². The van der Waals surface area contributed by atoms with E-state index < -0.39 is 0 Å². The molecule has 0 aliphatic rings. The highest BCUT2D eigenvalue weighted by molar-refractivity contribution is 7.17. The van der Waals surface area contributed by atoms with Crippen LogP contribution in [0, 0.1) is 6.92 Å². The molecule has 1 amide bonds. The van der Waals surface area contributed by atoms with E-state index in [-0.39, 0.29) is 5.91 Å². The number of amides is 1. The number of nitrogens with zero attached hydrogens (tertiary/aromatic N) is 1. The van der Waals surface area contributed by atoms with Gasteiger partial charge in [0.25, 0.3) is 5.91 Å². The highest BCUT2D eigenvalue weighted by Crippen LogP contribution is 2.33. The summed E-state index contributed by atoms with van der Waals surface area (Å²) in [6.45, 7) is 1.71. The van der Waals surface area contributed by atoms with Gasteiger partial charge in [-0.05, 0) is 19.1 Å². The molecule has 1 aromatic heterocycles. The minimum absolute atomic E-state index is 0.304. The number of carbonyl (C=O) groups is 1. The molecule has 0 saturated heterocycles. The van der Waals surface area contributed by atoms with Gasteiger partial charge >= 0.3 is 0 Å². The highest BCUT2D eigenvalue weighted by atomic mass is 35.5. The normalized spacial score (nSPS) is 10.5. The zero-order chi connectivity index (χ0) is 14.2. The number of rotatable bonds is 2. The van der Waals surface area contributed by atoms with Crippen LogP contribution < -0.4 is 11.1 Å². The van der Waals surface area contributed by atoms with Crippen molar-refractivity contribution < 1.29 is 4.79 Å². The van der Waals surface area contributed by atoms with Crippen LogP contribution in [-0.2, 0) is 0 Å². The van der Waals surface area contributed by atoms with E-state index in [1.165, 1.54) is 12.1 Å². The minimum atomic E-state index is -0.341. The van der Waals surface area contributed by atoms with E-state index in [0.29, 0.717) is 36.5 Å². The average Bonchev–Trinajstić information content (AvgIpc) is 2.65. The van der Waals surface area contributed by atoms with E-state index in [1.54, 1.807) is 6.92 Å². The second-order valence-electron chi connectivity index (χ2n) is 3.67. The maximum Gasteiger partial charge on any atom is 0.267 e. The fourth-order valence-electron chi connectivity index (χ4n) is 1.43. The fraction of sp³-hybridized carbons (Fsp3) is 0.0909. The second-order valence-corrected chi connectivity index (χ2v) is 5.92. The van der Waals surface area contributed by atoms with E-state index in [1.807, 2.05) is 0 Å². The van der Waals surface area contributed by atoms with Crippen molar-refractivity contribution in [1.29, 1.82) is 0 Å². The van der Waals surface area contributed by atoms with Gasteiger partial charge in [-0.15, -0.1) is 0 Å². The first-order valence-electron chi connectivity index (χ1n) is 5.07. The summed E-state index contributed by atoms with van der Waals surface area (Å²) in [5.74, 6) is -0.341. The van der Waals surface area contributed by atoms with Crippen LogP contribution in [0.5, 0.6) is 0 Å². The van der Waals surface area contributed by atoms with Gasteiger partial charge in [-0.2, -0.15) is 0 Å². The number of aromatic nitrogens is 1. The number of nitrogens with one attached hydrogen (secondary N) is 1. The lowest BCUT2D eigenvalue weighted by molar-refractivity contribution is 0.103. The summed E-state index contributed by atoms with van der Waals surface area (Å²) in [6.07, 6.45) is 0. The Kier molecular flexibility index (Phi) is 4.20. The molecule has 0 spiro atoms. The van der Waals surface area contributed by atoms with E-state index in [0.717, 1.165) is 11.3 Å². The smallest absolute Gasteiger partial charge is 0.267 e. The molecule has 0 unspecified atom stereocenters. The molecule has 2 rings (SSSR count). The number of thiazole rings is 1. The van der Waals surface area contributed by atoms with Gasteiger partial charge in [-0.3, -0.25) is 4.79 Å². The van der Waals surface area contributed by atoms with Crippen molar-refractivity contribution in [3.05, 3.63) is 37.8 Å². The lowest BCUT2D eigenvalue weighted by Crippen LogP contribution is -2.12. The molecule has 0 atom stereocenters. The number of carbonyl (C=O) groups excluding carboxylic acids is 1. The Morgan fingerprint density at radius 2 is 1.89 bits per heavy atom. The summed E-state index contributed by atoms with van der Waals surface area (Å²) in [6, 6.07) is 2.96. The lowest BCUT2D eigenvalue weighted by Gasteiger charge is -2.08. The topological polar surface area (TPSA) is 68.0 Å². The molecule has 2 aromatic rings. The molecule has 0 aliphatic heterocycles. The van der Waals surface area contributed by atoms with Crippen LogP contribution in [-0.4, -0.2) is 10.9 Å². The number of hydrogen-bond donors (Lipinski definition) is 2. The predicted octanol–water partition coefficient (Wildman–Crippen LogP) is 4.25. The number of hydrogen-bond acceptors (Lipinski definition) is 4. The summed E-state index contributed by atoms with van der Waals surface area (Å²) in [4.78, 5) is 16.5. The molecule has 0 aliphatic carbocycles. The van der Waals surface area contributed by atoms with Gasteiger partial charge in [0.1, 0.15) is 4.88 Å². The maximum absolute atomic E-state index is 12.1. The van der Waals surface area contributed by atoms with Gasteiger partial charge < -0.3 is 11.1 Å². The lowest BCUT2D eigenvalue weighted by atomic mass is 10.3. The van der Waals surface area contributed by atoms with Crippen molar-refractivity contribution in [2.24, 2.45) is 0 Å². The van der Waals surface area contributed by atoms with Gasteiger partial charge in [0.05, 0.1) is 26.4 Å². The van der Waals surface area contributed by atoms with Crippen LogP contribution >= 0.6 is 46.1 Å². The Morgan fingerprint density at radius 1 is 1.26 bits per heavy atom. The quantitative estimate of drug-likeness (QED) is 0.806. The fourth-order valence-corrected chi connectivity index (χ4v) is 2.75. The largest absolute Gasteiger partial charge is 0.375 e. The van der Waals surface area contributed by atoms with Gasteiger partial charge in [-0.25, -0.2) is 4.98 Å². The number of nitrogen functional groups attached to an aromatic ring is 1. The molecule has 0 bridgehead atoms. The molecular weight excluding hydrogens is 329 g/mol. The summed E-state index contributed by atoms with van der Waals surface area (Å²) >= 11 is 18.8. The molecule has 8 heteroatoms. The average molecular weight is 337 g/mol. The monoisotopic (exact) mass is 335 g/mol. The van der Waals surface area contributed by atoms with Crippen molar-refractivity contribution in [3.63, 3.8) is 0 Å². The Labute approximate surface area is 128 Å². The standard InChI is InChI=1S/C11H8Cl3N3OS/c1-4-9(19-11(15)16-4)10(18)17-8-3-6(13)5(12)2-7(8)14/h2-3H,1H3,(H2,15,16)(H,17,18). The van der Waals surface area contributed by atoms with E-state index >= 15 is 0 Å². The van der Waals surface area contributed by atoms with Crippen LogP contribution in [0.4, 0.5) is 10.8 Å². The first-order valence-corrected chi connectivity index (χ1v) is 7.02. The van der Waals surface area contributed by atoms with E-state index in [9.17, 15) is 4.79 Å². The first kappa shape index (κ1) is 14.4. The molecule has 0 radical (unpaired) electrons. The Balaban J connectivity index is 2.29. The second kappa shape index (κ2) is 5.54. The zero-order valence-corrected chi connectivity index (χ0v) is 12.7. The molecule has 3 N–H and O–H groups in total. The zero-order valence-electron chi connectivity index (χ0n) is 9.63. The molecule has 1 heterocycles. The van der Waals surface area contributed by atoms with Gasteiger partial charge in [0.2, 0.25) is 0 Å². The molecule has 1 aromatic carbocycles. The molecule has 19 heavy (non-hydrogen) atoms. The summed E-state index contributed by atoms with van der Waals surface area (Å²) in [5, 5.41) is 3.92. The van der Waals surface area contributed by atoms with E-state index in [2.05, 4.69) is 10.3 Å². The number of benzene rings is 1. The third-order valence-electron chi connectivity index (χ3n) is 2.28. The first-order chi connectivity index (χ1) is 8.88. The molecule has 4 nitrogen and oxygen atoms in total. The van der Waals surface area contributed by atoms with E-state index in [4.69, 9.17) is 40.5 Å². The van der Waals surface area contributed by atoms with Gasteiger partial charge in [0.15, 0.2) is 5.13 Å². The van der Waals surface area contributed by atoms with Crippen LogP contribution in [0.2, 0.25) is 15.1 Å². The maximum atomic E-state index is 12.1. The van der Waals surface area contributed by atoms with Crippen LogP contribution in [0.25, 0.3) is 0 Å². The summed E-state index contributed by atoms with van der Waals surface area (Å²) < 4.78 is 0. The Morgan fingerprint density at radius 3 is 2.47 bits per heavy atom. The molecule has 100 valence electrons. The van der Waals surface area contributed by atoms with Crippen molar-refractivity contribution in [3.8, 4) is 0 Å². The van der Waals surface area contributed by atoms with Crippen molar-refractivity contribution in [1.82, 2.24) is 4.98 Å². The number of halogens is 3.